The maximum Gasteiger partial charge on any atom is 0.416 e. The average Bonchev–Trinajstić information content (AvgIpc) is 2.15. The van der Waals surface area contributed by atoms with E-state index in [4.69, 9.17) is 23.2 Å². The van der Waals surface area contributed by atoms with E-state index in [1.807, 2.05) is 0 Å². The molecule has 0 heterocycles. The van der Waals surface area contributed by atoms with E-state index in [9.17, 15) is 13.2 Å². The number of alkyl halides is 4. The van der Waals surface area contributed by atoms with Crippen LogP contribution in [0.2, 0.25) is 10.0 Å². The van der Waals surface area contributed by atoms with Gasteiger partial charge in [0.25, 0.3) is 0 Å². The number of hydrogen-bond acceptors (Lipinski definition) is 1. The molecule has 0 radical (unpaired) electrons. The molecule has 1 rings (SSSR count). The molecule has 0 aliphatic carbocycles. The molecule has 0 aliphatic heterocycles. The lowest BCUT2D eigenvalue weighted by Gasteiger charge is -2.11. The van der Waals surface area contributed by atoms with Gasteiger partial charge in [-0.25, -0.2) is 0 Å². The van der Waals surface area contributed by atoms with Gasteiger partial charge in [0.1, 0.15) is 0 Å². The summed E-state index contributed by atoms with van der Waals surface area (Å²) >= 11 is 16.0. The fourth-order valence-electron chi connectivity index (χ4n) is 1.00. The highest BCUT2D eigenvalue weighted by Crippen LogP contribution is 2.40. The fraction of sp³-hybridized carbons (Fsp3) is 0.333. The normalized spacial score (nSPS) is 11.9. The molecule has 16 heavy (non-hydrogen) atoms. The van der Waals surface area contributed by atoms with Crippen molar-refractivity contribution in [2.75, 3.05) is 11.1 Å². The quantitative estimate of drug-likeness (QED) is 0.510. The highest BCUT2D eigenvalue weighted by molar-refractivity contribution is 9.09. The molecule has 0 spiro atoms. The van der Waals surface area contributed by atoms with Gasteiger partial charge < -0.3 is 0 Å². The Labute approximate surface area is 114 Å². The topological polar surface area (TPSA) is 0 Å². The van der Waals surface area contributed by atoms with Gasteiger partial charge in [-0.2, -0.15) is 13.2 Å². The van der Waals surface area contributed by atoms with Gasteiger partial charge in [0.15, 0.2) is 0 Å². The van der Waals surface area contributed by atoms with E-state index < -0.39 is 11.7 Å². The van der Waals surface area contributed by atoms with E-state index in [-0.39, 0.29) is 10.0 Å². The van der Waals surface area contributed by atoms with E-state index >= 15 is 0 Å². The van der Waals surface area contributed by atoms with E-state index in [0.717, 1.165) is 12.1 Å². The molecule has 0 nitrogen and oxygen atoms in total. The van der Waals surface area contributed by atoms with Crippen LogP contribution in [0.4, 0.5) is 13.2 Å². The summed E-state index contributed by atoms with van der Waals surface area (Å²) in [5.74, 6) is 0.685. The summed E-state index contributed by atoms with van der Waals surface area (Å²) in [6, 6.07) is 1.79. The highest BCUT2D eigenvalue weighted by Gasteiger charge is 2.31. The van der Waals surface area contributed by atoms with Crippen molar-refractivity contribution in [2.24, 2.45) is 0 Å². The highest BCUT2D eigenvalue weighted by atomic mass is 79.9. The standard InChI is InChI=1S/C9H6BrCl2F3S/c10-1-2-16-8-6(11)3-5(4-7(8)12)9(13,14)15/h3-4H,1-2H2. The minimum Gasteiger partial charge on any atom is -0.166 e. The number of hydrogen-bond donors (Lipinski definition) is 0. The van der Waals surface area contributed by atoms with Crippen LogP contribution in [0.3, 0.4) is 0 Å². The molecule has 0 unspecified atom stereocenters. The zero-order chi connectivity index (χ0) is 12.3. The van der Waals surface area contributed by atoms with Crippen molar-refractivity contribution in [3.8, 4) is 0 Å². The number of benzene rings is 1. The van der Waals surface area contributed by atoms with Crippen molar-refractivity contribution < 1.29 is 13.2 Å². The molecule has 0 atom stereocenters. The molecule has 1 aromatic carbocycles. The van der Waals surface area contributed by atoms with Crippen LogP contribution in [-0.2, 0) is 6.18 Å². The SMILES string of the molecule is FC(F)(F)c1cc(Cl)c(SCCBr)c(Cl)c1. The third kappa shape index (κ3) is 3.72. The monoisotopic (exact) mass is 352 g/mol. The van der Waals surface area contributed by atoms with Crippen LogP contribution in [0.15, 0.2) is 17.0 Å². The fourth-order valence-corrected chi connectivity index (χ4v) is 2.98. The first kappa shape index (κ1) is 14.5. The third-order valence-electron chi connectivity index (χ3n) is 1.65. The second-order valence-electron chi connectivity index (χ2n) is 2.80. The lowest BCUT2D eigenvalue weighted by molar-refractivity contribution is -0.137. The van der Waals surface area contributed by atoms with Crippen molar-refractivity contribution in [1.82, 2.24) is 0 Å². The lowest BCUT2D eigenvalue weighted by atomic mass is 10.2. The lowest BCUT2D eigenvalue weighted by Crippen LogP contribution is -2.05. The summed E-state index contributed by atoms with van der Waals surface area (Å²) in [4.78, 5) is 0.482. The van der Waals surface area contributed by atoms with Crippen LogP contribution in [-0.4, -0.2) is 11.1 Å². The second kappa shape index (κ2) is 5.85. The van der Waals surface area contributed by atoms with Gasteiger partial charge in [-0.05, 0) is 12.1 Å². The minimum atomic E-state index is -4.42. The molecule has 0 aromatic heterocycles. The third-order valence-corrected chi connectivity index (χ3v) is 4.53. The van der Waals surface area contributed by atoms with E-state index in [2.05, 4.69) is 15.9 Å². The smallest absolute Gasteiger partial charge is 0.166 e. The van der Waals surface area contributed by atoms with Gasteiger partial charge in [-0.1, -0.05) is 39.1 Å². The molecule has 0 aliphatic rings. The Kier molecular flexibility index (Phi) is 5.29. The second-order valence-corrected chi connectivity index (χ2v) is 5.52. The van der Waals surface area contributed by atoms with Crippen LogP contribution >= 0.6 is 50.9 Å². The van der Waals surface area contributed by atoms with Crippen LogP contribution in [0.5, 0.6) is 0 Å². The van der Waals surface area contributed by atoms with Gasteiger partial charge in [-0.3, -0.25) is 0 Å². The van der Waals surface area contributed by atoms with Crippen LogP contribution in [0.25, 0.3) is 0 Å². The Morgan fingerprint density at radius 2 is 1.69 bits per heavy atom. The molecule has 0 saturated carbocycles. The molecule has 90 valence electrons. The molecule has 0 bridgehead atoms. The molecule has 0 N–H and O–H groups in total. The summed E-state index contributed by atoms with van der Waals surface area (Å²) in [6.07, 6.45) is -4.42. The summed E-state index contributed by atoms with van der Waals surface area (Å²) in [7, 11) is 0. The Bertz CT molecular complexity index is 359. The van der Waals surface area contributed by atoms with Crippen molar-refractivity contribution >= 4 is 50.9 Å². The molecule has 0 saturated heterocycles. The predicted octanol–water partition coefficient (Wildman–Crippen LogP) is 5.50. The first-order valence-corrected chi connectivity index (χ1v) is 6.97. The maximum absolute atomic E-state index is 12.4. The molecule has 0 fully saturated rings. The van der Waals surface area contributed by atoms with Gasteiger partial charge >= 0.3 is 6.18 Å². The minimum absolute atomic E-state index is 0.0331. The van der Waals surface area contributed by atoms with E-state index in [1.165, 1.54) is 11.8 Å². The first-order valence-electron chi connectivity index (χ1n) is 4.11. The predicted molar refractivity (Wildman–Crippen MR) is 66.0 cm³/mol. The summed E-state index contributed by atoms with van der Waals surface area (Å²) in [5.41, 5.74) is -0.828. The van der Waals surface area contributed by atoms with Crippen molar-refractivity contribution in [3.05, 3.63) is 27.7 Å². The Morgan fingerprint density at radius 1 is 1.19 bits per heavy atom. The van der Waals surface area contributed by atoms with E-state index in [0.29, 0.717) is 16.0 Å². The molecular formula is C9H6BrCl2F3S. The summed E-state index contributed by atoms with van der Waals surface area (Å²) < 4.78 is 37.2. The Hall–Kier alpha value is 0.420. The summed E-state index contributed by atoms with van der Waals surface area (Å²) in [5, 5.41) is 0.780. The van der Waals surface area contributed by atoms with Gasteiger partial charge in [0.2, 0.25) is 0 Å². The van der Waals surface area contributed by atoms with E-state index in [1.54, 1.807) is 0 Å². The van der Waals surface area contributed by atoms with Crippen molar-refractivity contribution in [1.29, 1.82) is 0 Å². The molecular weight excluding hydrogens is 348 g/mol. The molecule has 0 amide bonds. The molecule has 1 aromatic rings. The van der Waals surface area contributed by atoms with Crippen LogP contribution in [0.1, 0.15) is 5.56 Å². The molecule has 7 heteroatoms. The zero-order valence-corrected chi connectivity index (χ0v) is 11.7. The first-order chi connectivity index (χ1) is 7.36. The van der Waals surface area contributed by atoms with Crippen molar-refractivity contribution in [3.63, 3.8) is 0 Å². The average molecular weight is 354 g/mol. The Morgan fingerprint density at radius 3 is 2.06 bits per heavy atom. The summed E-state index contributed by atoms with van der Waals surface area (Å²) in [6.45, 7) is 0. The maximum atomic E-state index is 12.4. The number of rotatable bonds is 3. The van der Waals surface area contributed by atoms with Crippen LogP contribution < -0.4 is 0 Å². The van der Waals surface area contributed by atoms with Crippen LogP contribution in [0, 0.1) is 0 Å². The number of thioether (sulfide) groups is 1. The van der Waals surface area contributed by atoms with Gasteiger partial charge in [0.05, 0.1) is 15.6 Å². The zero-order valence-electron chi connectivity index (χ0n) is 7.74. The van der Waals surface area contributed by atoms with Gasteiger partial charge in [0, 0.05) is 16.0 Å². The largest absolute Gasteiger partial charge is 0.416 e. The van der Waals surface area contributed by atoms with Gasteiger partial charge in [-0.15, -0.1) is 11.8 Å². The van der Waals surface area contributed by atoms with Crippen molar-refractivity contribution in [2.45, 2.75) is 11.1 Å². The number of halogens is 6. The Balaban J connectivity index is 3.08.